The Labute approximate surface area is 66.0 Å². The van der Waals surface area contributed by atoms with Gasteiger partial charge < -0.3 is 9.84 Å². The molecule has 0 amide bonds. The van der Waals surface area contributed by atoms with Crippen molar-refractivity contribution in [1.29, 1.82) is 0 Å². The predicted molar refractivity (Wildman–Crippen MR) is 42.0 cm³/mol. The van der Waals surface area contributed by atoms with E-state index < -0.39 is 5.97 Å². The summed E-state index contributed by atoms with van der Waals surface area (Å²) in [6.07, 6.45) is 2.88. The van der Waals surface area contributed by atoms with Crippen LogP contribution in [0.3, 0.4) is 0 Å². The second-order valence-electron chi connectivity index (χ2n) is 1.96. The SMILES string of the molecule is C=CCOC(=O)/C(C)=C/CO. The summed E-state index contributed by atoms with van der Waals surface area (Å²) >= 11 is 0. The lowest BCUT2D eigenvalue weighted by molar-refractivity contribution is -0.137. The third-order valence-electron chi connectivity index (χ3n) is 1.05. The lowest BCUT2D eigenvalue weighted by Crippen LogP contribution is -2.05. The van der Waals surface area contributed by atoms with Crippen molar-refractivity contribution >= 4 is 5.97 Å². The number of ether oxygens (including phenoxy) is 1. The number of hydrogen-bond acceptors (Lipinski definition) is 3. The Kier molecular flexibility index (Phi) is 5.11. The van der Waals surface area contributed by atoms with Crippen molar-refractivity contribution in [2.45, 2.75) is 6.92 Å². The highest BCUT2D eigenvalue weighted by Gasteiger charge is 2.02. The number of hydrogen-bond donors (Lipinski definition) is 1. The average Bonchev–Trinajstić information content (AvgIpc) is 2.00. The zero-order valence-electron chi connectivity index (χ0n) is 6.54. The molecule has 0 spiro atoms. The molecular formula is C8H12O3. The molecule has 0 atom stereocenters. The van der Waals surface area contributed by atoms with Gasteiger partial charge in [-0.15, -0.1) is 0 Å². The highest BCUT2D eigenvalue weighted by atomic mass is 16.5. The number of aliphatic hydroxyl groups is 1. The molecule has 0 aromatic heterocycles. The van der Waals surface area contributed by atoms with Crippen LogP contribution in [0.5, 0.6) is 0 Å². The summed E-state index contributed by atoms with van der Waals surface area (Å²) in [6.45, 7) is 5.04. The van der Waals surface area contributed by atoms with Gasteiger partial charge in [0.05, 0.1) is 6.61 Å². The molecule has 0 heterocycles. The smallest absolute Gasteiger partial charge is 0.333 e. The van der Waals surface area contributed by atoms with E-state index in [4.69, 9.17) is 5.11 Å². The monoisotopic (exact) mass is 156 g/mol. The summed E-state index contributed by atoms with van der Waals surface area (Å²) in [4.78, 5) is 10.8. The van der Waals surface area contributed by atoms with Gasteiger partial charge in [0, 0.05) is 5.57 Å². The van der Waals surface area contributed by atoms with Crippen molar-refractivity contribution in [1.82, 2.24) is 0 Å². The summed E-state index contributed by atoms with van der Waals surface area (Å²) in [5, 5.41) is 8.41. The van der Waals surface area contributed by atoms with Crippen LogP contribution in [0.2, 0.25) is 0 Å². The van der Waals surface area contributed by atoms with E-state index in [9.17, 15) is 4.79 Å². The van der Waals surface area contributed by atoms with Gasteiger partial charge in [-0.1, -0.05) is 12.7 Å². The summed E-state index contributed by atoms with van der Waals surface area (Å²) in [6, 6.07) is 0. The normalized spacial score (nSPS) is 10.9. The molecule has 0 saturated heterocycles. The zero-order valence-corrected chi connectivity index (χ0v) is 6.54. The number of esters is 1. The molecule has 0 aliphatic rings. The number of carbonyl (C=O) groups excluding carboxylic acids is 1. The van der Waals surface area contributed by atoms with E-state index in [0.29, 0.717) is 5.57 Å². The lowest BCUT2D eigenvalue weighted by atomic mass is 10.3. The van der Waals surface area contributed by atoms with Gasteiger partial charge in [-0.05, 0) is 13.0 Å². The molecule has 0 aromatic rings. The molecule has 0 radical (unpaired) electrons. The van der Waals surface area contributed by atoms with Gasteiger partial charge in [-0.2, -0.15) is 0 Å². The van der Waals surface area contributed by atoms with Crippen LogP contribution in [0.1, 0.15) is 6.92 Å². The van der Waals surface area contributed by atoms with E-state index in [1.165, 1.54) is 12.2 Å². The van der Waals surface area contributed by atoms with Crippen LogP contribution in [0, 0.1) is 0 Å². The third-order valence-corrected chi connectivity index (χ3v) is 1.05. The molecule has 0 aliphatic heterocycles. The standard InChI is InChI=1S/C8H12O3/c1-3-6-11-8(10)7(2)4-5-9/h3-4,9H,1,5-6H2,2H3/b7-4+. The third kappa shape index (κ3) is 4.33. The van der Waals surface area contributed by atoms with Gasteiger partial charge in [0.2, 0.25) is 0 Å². The minimum Gasteiger partial charge on any atom is -0.458 e. The van der Waals surface area contributed by atoms with Crippen molar-refractivity contribution in [3.63, 3.8) is 0 Å². The molecule has 1 N–H and O–H groups in total. The van der Waals surface area contributed by atoms with Gasteiger partial charge in [-0.3, -0.25) is 0 Å². The summed E-state index contributed by atoms with van der Waals surface area (Å²) in [7, 11) is 0. The molecule has 0 saturated carbocycles. The minimum absolute atomic E-state index is 0.144. The van der Waals surface area contributed by atoms with E-state index in [0.717, 1.165) is 0 Å². The Balaban J connectivity index is 3.82. The zero-order chi connectivity index (χ0) is 8.69. The van der Waals surface area contributed by atoms with Crippen molar-refractivity contribution in [3.05, 3.63) is 24.3 Å². The second-order valence-corrected chi connectivity index (χ2v) is 1.96. The highest BCUT2D eigenvalue weighted by Crippen LogP contribution is 1.95. The summed E-state index contributed by atoms with van der Waals surface area (Å²) in [5.41, 5.74) is 0.411. The Morgan fingerprint density at radius 2 is 2.36 bits per heavy atom. The van der Waals surface area contributed by atoms with Crippen molar-refractivity contribution in [2.75, 3.05) is 13.2 Å². The van der Waals surface area contributed by atoms with Gasteiger partial charge >= 0.3 is 5.97 Å². The van der Waals surface area contributed by atoms with Crippen LogP contribution < -0.4 is 0 Å². The van der Waals surface area contributed by atoms with Crippen LogP contribution in [0.25, 0.3) is 0 Å². The Morgan fingerprint density at radius 3 is 2.82 bits per heavy atom. The average molecular weight is 156 g/mol. The first kappa shape index (κ1) is 9.91. The van der Waals surface area contributed by atoms with E-state index >= 15 is 0 Å². The molecule has 11 heavy (non-hydrogen) atoms. The van der Waals surface area contributed by atoms with Gasteiger partial charge in [0.1, 0.15) is 6.61 Å². The molecule has 0 rings (SSSR count). The van der Waals surface area contributed by atoms with Gasteiger partial charge in [0.25, 0.3) is 0 Å². The van der Waals surface area contributed by atoms with Crippen LogP contribution in [0.15, 0.2) is 24.3 Å². The van der Waals surface area contributed by atoms with E-state index in [2.05, 4.69) is 11.3 Å². The second kappa shape index (κ2) is 5.68. The van der Waals surface area contributed by atoms with Crippen LogP contribution >= 0.6 is 0 Å². The highest BCUT2D eigenvalue weighted by molar-refractivity contribution is 5.87. The number of carbonyl (C=O) groups is 1. The largest absolute Gasteiger partial charge is 0.458 e. The molecule has 62 valence electrons. The molecule has 0 aromatic carbocycles. The Bertz CT molecular complexity index is 170. The molecule has 3 nitrogen and oxygen atoms in total. The molecule has 0 unspecified atom stereocenters. The molecule has 0 aliphatic carbocycles. The van der Waals surface area contributed by atoms with Crippen LogP contribution in [-0.4, -0.2) is 24.3 Å². The first-order valence-corrected chi connectivity index (χ1v) is 3.28. The fraction of sp³-hybridized carbons (Fsp3) is 0.375. The quantitative estimate of drug-likeness (QED) is 0.369. The van der Waals surface area contributed by atoms with Crippen molar-refractivity contribution in [3.8, 4) is 0 Å². The first-order chi connectivity index (χ1) is 5.22. The maximum absolute atomic E-state index is 10.8. The molecule has 0 bridgehead atoms. The molecular weight excluding hydrogens is 144 g/mol. The Hall–Kier alpha value is -1.09. The van der Waals surface area contributed by atoms with Crippen molar-refractivity contribution < 1.29 is 14.6 Å². The minimum atomic E-state index is -0.418. The van der Waals surface area contributed by atoms with Crippen LogP contribution in [0.4, 0.5) is 0 Å². The maximum atomic E-state index is 10.8. The van der Waals surface area contributed by atoms with E-state index in [1.54, 1.807) is 6.92 Å². The summed E-state index contributed by atoms with van der Waals surface area (Å²) < 4.78 is 4.67. The molecule has 0 fully saturated rings. The molecule has 3 heteroatoms. The topological polar surface area (TPSA) is 46.5 Å². The Morgan fingerprint density at radius 1 is 1.73 bits per heavy atom. The van der Waals surface area contributed by atoms with Crippen molar-refractivity contribution in [2.24, 2.45) is 0 Å². The fourth-order valence-electron chi connectivity index (χ4n) is 0.469. The maximum Gasteiger partial charge on any atom is 0.333 e. The lowest BCUT2D eigenvalue weighted by Gasteiger charge is -1.99. The van der Waals surface area contributed by atoms with Crippen LogP contribution in [-0.2, 0) is 9.53 Å². The van der Waals surface area contributed by atoms with E-state index in [1.807, 2.05) is 0 Å². The van der Waals surface area contributed by atoms with Gasteiger partial charge in [0.15, 0.2) is 0 Å². The van der Waals surface area contributed by atoms with E-state index in [-0.39, 0.29) is 13.2 Å². The number of rotatable bonds is 4. The fourth-order valence-corrected chi connectivity index (χ4v) is 0.469. The summed E-state index contributed by atoms with van der Waals surface area (Å²) in [5.74, 6) is -0.418. The number of aliphatic hydroxyl groups excluding tert-OH is 1. The van der Waals surface area contributed by atoms with Gasteiger partial charge in [-0.25, -0.2) is 4.79 Å². The first-order valence-electron chi connectivity index (χ1n) is 3.28. The predicted octanol–water partition coefficient (Wildman–Crippen LogP) is 0.654.